The van der Waals surface area contributed by atoms with E-state index in [1.54, 1.807) is 19.3 Å². The van der Waals surface area contributed by atoms with E-state index in [1.165, 1.54) is 17.7 Å². The smallest absolute Gasteiger partial charge is 0.282 e. The van der Waals surface area contributed by atoms with Crippen LogP contribution in [0.1, 0.15) is 10.5 Å². The number of carbonyl (C=O) groups excluding carboxylic acids is 1. The molecule has 0 saturated heterocycles. The van der Waals surface area contributed by atoms with Crippen LogP contribution in [0.4, 0.5) is 5.69 Å². The number of ether oxygens (including phenoxy) is 1. The molecular weight excluding hydrogens is 340 g/mol. The molecule has 1 aromatic heterocycles. The van der Waals surface area contributed by atoms with Crippen LogP contribution in [0.25, 0.3) is 0 Å². The minimum atomic E-state index is -4.28. The van der Waals surface area contributed by atoms with Gasteiger partial charge in [-0.15, -0.1) is 4.83 Å². The molecule has 0 unspecified atom stereocenters. The second kappa shape index (κ2) is 6.68. The molecule has 2 aromatic rings. The molecule has 0 bridgehead atoms. The Bertz CT molecular complexity index is 890. The summed E-state index contributed by atoms with van der Waals surface area (Å²) in [5.74, 6) is -0.781. The summed E-state index contributed by atoms with van der Waals surface area (Å²) in [7, 11) is -1.44. The van der Waals surface area contributed by atoms with E-state index >= 15 is 0 Å². The predicted molar refractivity (Wildman–Crippen MR) is 82.8 cm³/mol. The van der Waals surface area contributed by atoms with Crippen molar-refractivity contribution in [3.63, 3.8) is 0 Å². The molecule has 1 amide bonds. The highest BCUT2D eigenvalue weighted by atomic mass is 32.2. The quantitative estimate of drug-likeness (QED) is 0.575. The van der Waals surface area contributed by atoms with Gasteiger partial charge in [-0.1, -0.05) is 0 Å². The number of nitro benzene ring substituents is 1. The van der Waals surface area contributed by atoms with Gasteiger partial charge in [-0.25, -0.2) is 8.42 Å². The van der Waals surface area contributed by atoms with Gasteiger partial charge >= 0.3 is 0 Å². The first-order valence-electron chi connectivity index (χ1n) is 6.52. The van der Waals surface area contributed by atoms with Crippen molar-refractivity contribution >= 4 is 21.6 Å². The number of carbonyl (C=O) groups is 1. The van der Waals surface area contributed by atoms with E-state index in [1.807, 2.05) is 10.3 Å². The summed E-state index contributed by atoms with van der Waals surface area (Å²) in [6.07, 6.45) is 1.62. The van der Waals surface area contributed by atoms with Gasteiger partial charge in [0.1, 0.15) is 16.3 Å². The molecule has 0 aliphatic rings. The Balaban J connectivity index is 2.27. The van der Waals surface area contributed by atoms with Gasteiger partial charge in [0.2, 0.25) is 0 Å². The number of hydrogen-bond donors (Lipinski definition) is 2. The third kappa shape index (κ3) is 3.52. The highest BCUT2D eigenvalue weighted by Gasteiger charge is 2.24. The zero-order valence-electron chi connectivity index (χ0n) is 12.7. The van der Waals surface area contributed by atoms with Crippen molar-refractivity contribution in [1.82, 2.24) is 14.8 Å². The Hall–Kier alpha value is -2.92. The first-order valence-corrected chi connectivity index (χ1v) is 8.00. The number of nitro groups is 1. The van der Waals surface area contributed by atoms with Gasteiger partial charge in [-0.05, 0) is 18.2 Å². The number of nitrogens with one attached hydrogen (secondary N) is 2. The van der Waals surface area contributed by atoms with E-state index in [2.05, 4.69) is 0 Å². The Morgan fingerprint density at radius 2 is 2.04 bits per heavy atom. The van der Waals surface area contributed by atoms with Crippen LogP contribution in [0.2, 0.25) is 0 Å². The Morgan fingerprint density at radius 1 is 1.33 bits per heavy atom. The molecule has 0 aliphatic carbocycles. The summed E-state index contributed by atoms with van der Waals surface area (Å²) >= 11 is 0. The number of non-ortho nitro benzene ring substituents is 1. The number of nitrogens with zero attached hydrogens (tertiary/aromatic N) is 2. The Labute approximate surface area is 137 Å². The Morgan fingerprint density at radius 3 is 2.58 bits per heavy atom. The van der Waals surface area contributed by atoms with Crippen LogP contribution in [0, 0.1) is 10.1 Å². The molecule has 0 saturated carbocycles. The molecule has 11 heteroatoms. The van der Waals surface area contributed by atoms with E-state index in [-0.39, 0.29) is 11.4 Å². The van der Waals surface area contributed by atoms with Crippen molar-refractivity contribution in [3.8, 4) is 5.75 Å². The van der Waals surface area contributed by atoms with Crippen LogP contribution < -0.4 is 15.0 Å². The van der Waals surface area contributed by atoms with Crippen LogP contribution >= 0.6 is 0 Å². The minimum Gasteiger partial charge on any atom is -0.495 e. The molecule has 0 fully saturated rings. The van der Waals surface area contributed by atoms with E-state index in [0.717, 1.165) is 18.2 Å². The zero-order valence-corrected chi connectivity index (χ0v) is 13.5. The summed E-state index contributed by atoms with van der Waals surface area (Å²) in [6.45, 7) is 0. The van der Waals surface area contributed by atoms with Crippen molar-refractivity contribution in [2.75, 3.05) is 7.11 Å². The van der Waals surface area contributed by atoms with E-state index < -0.39 is 31.4 Å². The van der Waals surface area contributed by atoms with E-state index in [0.29, 0.717) is 0 Å². The van der Waals surface area contributed by atoms with Crippen LogP contribution in [0.3, 0.4) is 0 Å². The van der Waals surface area contributed by atoms with Gasteiger partial charge in [0.25, 0.3) is 21.6 Å². The maximum absolute atomic E-state index is 12.3. The average Bonchev–Trinajstić information content (AvgIpc) is 2.98. The normalized spacial score (nSPS) is 11.1. The highest BCUT2D eigenvalue weighted by molar-refractivity contribution is 7.89. The number of aromatic nitrogens is 1. The lowest BCUT2D eigenvalue weighted by molar-refractivity contribution is -0.385. The molecule has 2 rings (SSSR count). The monoisotopic (exact) mass is 354 g/mol. The number of benzene rings is 1. The van der Waals surface area contributed by atoms with E-state index in [9.17, 15) is 23.3 Å². The fourth-order valence-electron chi connectivity index (χ4n) is 1.92. The molecule has 1 heterocycles. The van der Waals surface area contributed by atoms with Gasteiger partial charge in [0, 0.05) is 25.4 Å². The van der Waals surface area contributed by atoms with Crippen LogP contribution in [0.15, 0.2) is 41.4 Å². The third-order valence-corrected chi connectivity index (χ3v) is 4.39. The third-order valence-electron chi connectivity index (χ3n) is 3.12. The number of sulfonamides is 1. The lowest BCUT2D eigenvalue weighted by Crippen LogP contribution is -2.42. The molecule has 0 aliphatic heterocycles. The van der Waals surface area contributed by atoms with Gasteiger partial charge in [-0.3, -0.25) is 20.3 Å². The topological polar surface area (TPSA) is 133 Å². The van der Waals surface area contributed by atoms with Gasteiger partial charge in [0.15, 0.2) is 0 Å². The lowest BCUT2D eigenvalue weighted by atomic mass is 10.3. The number of methoxy groups -OCH3 is 1. The lowest BCUT2D eigenvalue weighted by Gasteiger charge is -2.11. The fraction of sp³-hybridized carbons (Fsp3) is 0.154. The molecule has 24 heavy (non-hydrogen) atoms. The van der Waals surface area contributed by atoms with Crippen molar-refractivity contribution in [2.24, 2.45) is 7.05 Å². The highest BCUT2D eigenvalue weighted by Crippen LogP contribution is 2.27. The molecule has 2 N–H and O–H groups in total. The number of hydrazine groups is 1. The number of rotatable bonds is 6. The first kappa shape index (κ1) is 17.4. The maximum atomic E-state index is 12.3. The minimum absolute atomic E-state index is 0.0961. The van der Waals surface area contributed by atoms with Gasteiger partial charge in [-0.2, -0.15) is 0 Å². The number of aryl methyl sites for hydroxylation is 1. The fourth-order valence-corrected chi connectivity index (χ4v) is 2.95. The molecule has 1 aromatic carbocycles. The summed E-state index contributed by atoms with van der Waals surface area (Å²) in [6, 6.07) is 6.23. The molecule has 128 valence electrons. The standard InChI is InChI=1S/C13H14N4O6S/c1-16-7-3-4-10(16)13(18)14-15-24(21,22)12-8-9(17(19)20)5-6-11(12)23-2/h3-8,15H,1-2H3,(H,14,18). The summed E-state index contributed by atoms with van der Waals surface area (Å²) in [5.41, 5.74) is 1.84. The van der Waals surface area contributed by atoms with Crippen molar-refractivity contribution in [3.05, 3.63) is 52.3 Å². The molecule has 0 radical (unpaired) electrons. The summed E-state index contributed by atoms with van der Waals surface area (Å²) in [4.78, 5) is 23.4. The molecule has 10 nitrogen and oxygen atoms in total. The van der Waals surface area contributed by atoms with Crippen molar-refractivity contribution in [2.45, 2.75) is 4.90 Å². The first-order chi connectivity index (χ1) is 11.3. The maximum Gasteiger partial charge on any atom is 0.282 e. The number of amides is 1. The van der Waals surface area contributed by atoms with Crippen molar-refractivity contribution < 1.29 is 22.9 Å². The summed E-state index contributed by atoms with van der Waals surface area (Å²) in [5, 5.41) is 10.8. The van der Waals surface area contributed by atoms with Crippen LogP contribution in [0.5, 0.6) is 5.75 Å². The zero-order chi connectivity index (χ0) is 17.9. The predicted octanol–water partition coefficient (Wildman–Crippen LogP) is 0.565. The van der Waals surface area contributed by atoms with Gasteiger partial charge < -0.3 is 9.30 Å². The second-order valence-corrected chi connectivity index (χ2v) is 6.31. The van der Waals surface area contributed by atoms with E-state index in [4.69, 9.17) is 4.74 Å². The Kier molecular flexibility index (Phi) is 4.85. The van der Waals surface area contributed by atoms with Crippen LogP contribution in [-0.4, -0.2) is 30.9 Å². The van der Waals surface area contributed by atoms with Crippen LogP contribution in [-0.2, 0) is 17.1 Å². The molecular formula is C13H14N4O6S. The number of hydrogen-bond acceptors (Lipinski definition) is 6. The molecule has 0 atom stereocenters. The second-order valence-electron chi connectivity index (χ2n) is 4.66. The largest absolute Gasteiger partial charge is 0.495 e. The van der Waals surface area contributed by atoms with Crippen molar-refractivity contribution in [1.29, 1.82) is 0 Å². The van der Waals surface area contributed by atoms with Gasteiger partial charge in [0.05, 0.1) is 12.0 Å². The average molecular weight is 354 g/mol. The molecule has 0 spiro atoms. The summed E-state index contributed by atoms with van der Waals surface area (Å²) < 4.78 is 31.0. The SMILES string of the molecule is COc1ccc([N+](=O)[O-])cc1S(=O)(=O)NNC(=O)c1cccn1C.